The largest absolute Gasteiger partial charge is 0.416 e. The van der Waals surface area contributed by atoms with Gasteiger partial charge in [0.2, 0.25) is 5.91 Å². The second-order valence-electron chi connectivity index (χ2n) is 6.32. The molecular formula is C19H17BrF3NO. The van der Waals surface area contributed by atoms with Gasteiger partial charge in [-0.1, -0.05) is 52.3 Å². The molecule has 1 aliphatic rings. The highest BCUT2D eigenvalue weighted by atomic mass is 79.9. The molecule has 1 saturated carbocycles. The lowest BCUT2D eigenvalue weighted by molar-refractivity contribution is -0.138. The molecule has 2 unspecified atom stereocenters. The Morgan fingerprint density at radius 3 is 2.48 bits per heavy atom. The van der Waals surface area contributed by atoms with E-state index >= 15 is 0 Å². The third-order valence-electron chi connectivity index (χ3n) is 4.51. The second-order valence-corrected chi connectivity index (χ2v) is 7.17. The molecule has 0 saturated heterocycles. The Bertz CT molecular complexity index is 790. The maximum Gasteiger partial charge on any atom is 0.416 e. The van der Waals surface area contributed by atoms with Crippen LogP contribution in [0.3, 0.4) is 0 Å². The molecule has 0 heterocycles. The number of hydrogen-bond acceptors (Lipinski definition) is 1. The third kappa shape index (κ3) is 3.89. The van der Waals surface area contributed by atoms with E-state index in [2.05, 4.69) is 15.9 Å². The number of carbonyl (C=O) groups is 1. The van der Waals surface area contributed by atoms with Gasteiger partial charge in [0.15, 0.2) is 0 Å². The van der Waals surface area contributed by atoms with Gasteiger partial charge in [-0.05, 0) is 35.6 Å². The van der Waals surface area contributed by atoms with E-state index in [0.717, 1.165) is 16.1 Å². The Morgan fingerprint density at radius 2 is 1.80 bits per heavy atom. The number of amides is 1. The van der Waals surface area contributed by atoms with Gasteiger partial charge in [-0.2, -0.15) is 13.2 Å². The molecule has 6 heteroatoms. The Labute approximate surface area is 152 Å². The predicted octanol–water partition coefficient (Wildman–Crippen LogP) is 5.23. The average Bonchev–Trinajstić information content (AvgIpc) is 3.36. The van der Waals surface area contributed by atoms with Crippen molar-refractivity contribution in [1.29, 1.82) is 0 Å². The van der Waals surface area contributed by atoms with Crippen molar-refractivity contribution in [1.82, 2.24) is 4.90 Å². The summed E-state index contributed by atoms with van der Waals surface area (Å²) in [6.45, 7) is 0.421. The molecule has 0 bridgehead atoms. The van der Waals surface area contributed by atoms with Gasteiger partial charge in [-0.25, -0.2) is 0 Å². The molecule has 0 radical (unpaired) electrons. The first-order valence-electron chi connectivity index (χ1n) is 7.93. The van der Waals surface area contributed by atoms with Crippen LogP contribution in [-0.2, 0) is 17.5 Å². The molecule has 0 N–H and O–H groups in total. The van der Waals surface area contributed by atoms with Crippen molar-refractivity contribution in [3.63, 3.8) is 0 Å². The monoisotopic (exact) mass is 411 g/mol. The summed E-state index contributed by atoms with van der Waals surface area (Å²) in [5.74, 6) is -0.847. The molecule has 132 valence electrons. The fraction of sp³-hybridized carbons (Fsp3) is 0.316. The van der Waals surface area contributed by atoms with E-state index in [0.29, 0.717) is 13.0 Å². The van der Waals surface area contributed by atoms with Crippen molar-refractivity contribution >= 4 is 21.8 Å². The molecule has 2 nitrogen and oxygen atoms in total. The molecule has 1 amide bonds. The molecule has 3 rings (SSSR count). The molecule has 2 aromatic rings. The van der Waals surface area contributed by atoms with E-state index in [9.17, 15) is 18.0 Å². The molecule has 25 heavy (non-hydrogen) atoms. The van der Waals surface area contributed by atoms with Crippen LogP contribution in [0.1, 0.15) is 29.0 Å². The van der Waals surface area contributed by atoms with Crippen molar-refractivity contribution in [2.24, 2.45) is 5.92 Å². The van der Waals surface area contributed by atoms with Crippen LogP contribution in [0, 0.1) is 5.92 Å². The minimum atomic E-state index is -4.40. The van der Waals surface area contributed by atoms with Gasteiger partial charge in [0, 0.05) is 24.0 Å². The molecule has 0 aliphatic heterocycles. The zero-order valence-corrected chi connectivity index (χ0v) is 15.1. The highest BCUT2D eigenvalue weighted by Gasteiger charge is 2.48. The first-order valence-corrected chi connectivity index (χ1v) is 8.73. The maximum atomic E-state index is 13.2. The zero-order valence-electron chi connectivity index (χ0n) is 13.6. The number of nitrogens with zero attached hydrogens (tertiary/aromatic N) is 1. The molecule has 2 aromatic carbocycles. The smallest absolute Gasteiger partial charge is 0.341 e. The zero-order chi connectivity index (χ0) is 18.2. The first-order chi connectivity index (χ1) is 11.8. The summed E-state index contributed by atoms with van der Waals surface area (Å²) in [6.07, 6.45) is -3.93. The molecule has 2 atom stereocenters. The van der Waals surface area contributed by atoms with Crippen LogP contribution >= 0.6 is 15.9 Å². The van der Waals surface area contributed by atoms with Crippen LogP contribution in [0.4, 0.5) is 13.2 Å². The Morgan fingerprint density at radius 1 is 1.16 bits per heavy atom. The van der Waals surface area contributed by atoms with Gasteiger partial charge < -0.3 is 4.90 Å². The molecule has 1 aliphatic carbocycles. The summed E-state index contributed by atoms with van der Waals surface area (Å²) in [5, 5.41) is 0. The van der Waals surface area contributed by atoms with Crippen LogP contribution in [-0.4, -0.2) is 17.9 Å². The van der Waals surface area contributed by atoms with Gasteiger partial charge in [0.1, 0.15) is 0 Å². The fourth-order valence-electron chi connectivity index (χ4n) is 3.13. The summed E-state index contributed by atoms with van der Waals surface area (Å²) in [7, 11) is 1.69. The molecular weight excluding hydrogens is 395 g/mol. The van der Waals surface area contributed by atoms with Crippen molar-refractivity contribution in [3.05, 3.63) is 69.7 Å². The topological polar surface area (TPSA) is 20.3 Å². The summed E-state index contributed by atoms with van der Waals surface area (Å²) < 4.78 is 40.4. The van der Waals surface area contributed by atoms with Crippen molar-refractivity contribution in [2.75, 3.05) is 7.05 Å². The van der Waals surface area contributed by atoms with E-state index in [-0.39, 0.29) is 23.3 Å². The first kappa shape index (κ1) is 18.0. The summed E-state index contributed by atoms with van der Waals surface area (Å²) in [5.41, 5.74) is 0.553. The van der Waals surface area contributed by atoms with E-state index in [1.807, 2.05) is 24.3 Å². The number of benzene rings is 2. The van der Waals surface area contributed by atoms with Crippen molar-refractivity contribution < 1.29 is 18.0 Å². The second kappa shape index (κ2) is 6.83. The van der Waals surface area contributed by atoms with Crippen LogP contribution < -0.4 is 0 Å². The van der Waals surface area contributed by atoms with Gasteiger partial charge in [0.05, 0.1) is 5.56 Å². The maximum absolute atomic E-state index is 13.2. The van der Waals surface area contributed by atoms with Gasteiger partial charge in [0.25, 0.3) is 0 Å². The lowest BCUT2D eigenvalue weighted by Crippen LogP contribution is -2.28. The Kier molecular flexibility index (Phi) is 4.91. The standard InChI is InChI=1S/C19H17BrF3NO/c1-24(11-12-6-2-5-9-17(12)20)18(25)15-10-14(15)13-7-3-4-8-16(13)19(21,22)23/h2-9,14-15H,10-11H2,1H3. The third-order valence-corrected chi connectivity index (χ3v) is 5.29. The van der Waals surface area contributed by atoms with E-state index < -0.39 is 11.7 Å². The summed E-state index contributed by atoms with van der Waals surface area (Å²) >= 11 is 3.44. The van der Waals surface area contributed by atoms with Gasteiger partial charge in [-0.3, -0.25) is 4.79 Å². The molecule has 0 spiro atoms. The number of hydrogen-bond donors (Lipinski definition) is 0. The van der Waals surface area contributed by atoms with Crippen LogP contribution in [0.25, 0.3) is 0 Å². The predicted molar refractivity (Wildman–Crippen MR) is 92.9 cm³/mol. The average molecular weight is 412 g/mol. The Balaban J connectivity index is 1.72. The van der Waals surface area contributed by atoms with Crippen LogP contribution in [0.5, 0.6) is 0 Å². The van der Waals surface area contributed by atoms with Crippen molar-refractivity contribution in [2.45, 2.75) is 25.1 Å². The summed E-state index contributed by atoms with van der Waals surface area (Å²) in [4.78, 5) is 14.2. The lowest BCUT2D eigenvalue weighted by Gasteiger charge is -2.19. The minimum Gasteiger partial charge on any atom is -0.341 e. The van der Waals surface area contributed by atoms with E-state index in [1.54, 1.807) is 18.0 Å². The minimum absolute atomic E-state index is 0.113. The quantitative estimate of drug-likeness (QED) is 0.674. The SMILES string of the molecule is CN(Cc1ccccc1Br)C(=O)C1CC1c1ccccc1C(F)(F)F. The van der Waals surface area contributed by atoms with E-state index in [1.165, 1.54) is 12.1 Å². The highest BCUT2D eigenvalue weighted by molar-refractivity contribution is 9.10. The molecule has 0 aromatic heterocycles. The van der Waals surface area contributed by atoms with Gasteiger partial charge >= 0.3 is 6.18 Å². The normalized spacial score (nSPS) is 19.6. The van der Waals surface area contributed by atoms with Crippen molar-refractivity contribution in [3.8, 4) is 0 Å². The molecule has 1 fully saturated rings. The summed E-state index contributed by atoms with van der Waals surface area (Å²) in [6, 6.07) is 13.1. The lowest BCUT2D eigenvalue weighted by atomic mass is 10.0. The number of rotatable bonds is 4. The number of alkyl halides is 3. The highest BCUT2D eigenvalue weighted by Crippen LogP contribution is 2.51. The van der Waals surface area contributed by atoms with Crippen LogP contribution in [0.2, 0.25) is 0 Å². The van der Waals surface area contributed by atoms with E-state index in [4.69, 9.17) is 0 Å². The van der Waals surface area contributed by atoms with Crippen LogP contribution in [0.15, 0.2) is 53.0 Å². The van der Waals surface area contributed by atoms with Gasteiger partial charge in [-0.15, -0.1) is 0 Å². The fourth-order valence-corrected chi connectivity index (χ4v) is 3.54. The number of carbonyl (C=O) groups excluding carboxylic acids is 1. The Hall–Kier alpha value is -1.82. The number of halogens is 4.